The minimum Gasteiger partial charge on any atom is -0.370 e. The van der Waals surface area contributed by atoms with E-state index in [-0.39, 0.29) is 5.91 Å². The van der Waals surface area contributed by atoms with Crippen molar-refractivity contribution in [3.8, 4) is 0 Å². The molecule has 21 heavy (non-hydrogen) atoms. The fraction of sp³-hybridized carbons (Fsp3) is 0.357. The zero-order valence-electron chi connectivity index (χ0n) is 12.2. The van der Waals surface area contributed by atoms with Crippen LogP contribution in [0.2, 0.25) is 5.02 Å². The predicted molar refractivity (Wildman–Crippen MR) is 86.1 cm³/mol. The zero-order valence-corrected chi connectivity index (χ0v) is 13.8. The van der Waals surface area contributed by atoms with Gasteiger partial charge < -0.3 is 10.2 Å². The molecule has 2 heterocycles. The smallest absolute Gasteiger partial charge is 0.255 e. The number of hydrogen-bond acceptors (Lipinski definition) is 5. The minimum atomic E-state index is -0.146. The fourth-order valence-corrected chi connectivity index (χ4v) is 2.67. The van der Waals surface area contributed by atoms with Crippen LogP contribution in [-0.2, 0) is 6.54 Å². The van der Waals surface area contributed by atoms with Gasteiger partial charge in [-0.05, 0) is 19.9 Å². The summed E-state index contributed by atoms with van der Waals surface area (Å²) in [5, 5.41) is 6.36. The molecule has 2 aromatic rings. The topological polar surface area (TPSA) is 58.1 Å². The van der Waals surface area contributed by atoms with Crippen molar-refractivity contribution in [1.29, 1.82) is 0 Å². The maximum absolute atomic E-state index is 12.5. The van der Waals surface area contributed by atoms with Gasteiger partial charge in [0.2, 0.25) is 0 Å². The van der Waals surface area contributed by atoms with Gasteiger partial charge in [-0.3, -0.25) is 4.79 Å². The first-order valence-electron chi connectivity index (χ1n) is 6.57. The first-order valence-corrected chi connectivity index (χ1v) is 7.83. The summed E-state index contributed by atoms with van der Waals surface area (Å²) in [6, 6.07) is 1.68. The second-order valence-corrected chi connectivity index (χ2v) is 6.07. The van der Waals surface area contributed by atoms with E-state index < -0.39 is 0 Å². The number of halogens is 1. The Morgan fingerprint density at radius 1 is 1.52 bits per heavy atom. The van der Waals surface area contributed by atoms with Gasteiger partial charge in [0, 0.05) is 25.2 Å². The Bertz CT molecular complexity index is 644. The summed E-state index contributed by atoms with van der Waals surface area (Å²) in [6.07, 6.45) is 1.49. The maximum Gasteiger partial charge on any atom is 0.255 e. The minimum absolute atomic E-state index is 0.146. The lowest BCUT2D eigenvalue weighted by Crippen LogP contribution is -2.26. The highest BCUT2D eigenvalue weighted by atomic mass is 35.5. The maximum atomic E-state index is 12.5. The first-order chi connectivity index (χ1) is 10.0. The van der Waals surface area contributed by atoms with E-state index >= 15 is 0 Å². The number of hydrogen-bond donors (Lipinski definition) is 1. The van der Waals surface area contributed by atoms with Crippen LogP contribution in [0.1, 0.15) is 28.0 Å². The Labute approximate surface area is 133 Å². The van der Waals surface area contributed by atoms with Crippen LogP contribution in [0.15, 0.2) is 17.6 Å². The molecule has 0 unspecified atom stereocenters. The van der Waals surface area contributed by atoms with Crippen LogP contribution in [0.5, 0.6) is 0 Å². The lowest BCUT2D eigenvalue weighted by Gasteiger charge is -2.17. The second kappa shape index (κ2) is 6.87. The van der Waals surface area contributed by atoms with Crippen molar-refractivity contribution < 1.29 is 4.79 Å². The van der Waals surface area contributed by atoms with Gasteiger partial charge in [-0.15, -0.1) is 11.3 Å². The number of carbonyl (C=O) groups excluding carboxylic acids is 1. The van der Waals surface area contributed by atoms with E-state index in [9.17, 15) is 4.79 Å². The highest BCUT2D eigenvalue weighted by molar-refractivity contribution is 7.09. The van der Waals surface area contributed by atoms with E-state index in [1.807, 2.05) is 19.2 Å². The summed E-state index contributed by atoms with van der Waals surface area (Å²) < 4.78 is 0. The molecule has 0 aliphatic rings. The van der Waals surface area contributed by atoms with Crippen LogP contribution in [0.4, 0.5) is 5.82 Å². The standard InChI is InChI=1S/C14H17ClN4OS/c1-4-16-13-5-11(12(15)6-17-13)14(20)19(3)7-10-8-21-9(2)18-10/h5-6,8H,4,7H2,1-3H3,(H,16,17). The van der Waals surface area contributed by atoms with Gasteiger partial charge in [-0.1, -0.05) is 11.6 Å². The summed E-state index contributed by atoms with van der Waals surface area (Å²) in [7, 11) is 1.74. The van der Waals surface area contributed by atoms with Crippen molar-refractivity contribution >= 4 is 34.7 Å². The second-order valence-electron chi connectivity index (χ2n) is 4.60. The quantitative estimate of drug-likeness (QED) is 0.917. The third-order valence-corrected chi connectivity index (χ3v) is 3.98. The number of anilines is 1. The number of amides is 1. The van der Waals surface area contributed by atoms with E-state index in [2.05, 4.69) is 15.3 Å². The van der Waals surface area contributed by atoms with E-state index in [1.54, 1.807) is 29.4 Å². The number of pyridine rings is 1. The normalized spacial score (nSPS) is 10.5. The van der Waals surface area contributed by atoms with Gasteiger partial charge in [-0.2, -0.15) is 0 Å². The molecule has 0 atom stereocenters. The largest absolute Gasteiger partial charge is 0.370 e. The molecule has 2 aromatic heterocycles. The van der Waals surface area contributed by atoms with Gasteiger partial charge in [0.15, 0.2) is 0 Å². The van der Waals surface area contributed by atoms with Crippen molar-refractivity contribution in [3.05, 3.63) is 38.9 Å². The average Bonchev–Trinajstić information content (AvgIpc) is 2.85. The summed E-state index contributed by atoms with van der Waals surface area (Å²) in [5.41, 5.74) is 1.32. The number of carbonyl (C=O) groups is 1. The van der Waals surface area contributed by atoms with Gasteiger partial charge in [0.1, 0.15) is 5.82 Å². The molecule has 0 aliphatic heterocycles. The molecule has 7 heteroatoms. The Morgan fingerprint density at radius 3 is 2.90 bits per heavy atom. The van der Waals surface area contributed by atoms with Crippen molar-refractivity contribution in [3.63, 3.8) is 0 Å². The molecular formula is C14H17ClN4OS. The van der Waals surface area contributed by atoms with Crippen molar-refractivity contribution in [2.75, 3.05) is 18.9 Å². The van der Waals surface area contributed by atoms with Crippen molar-refractivity contribution in [2.45, 2.75) is 20.4 Å². The van der Waals surface area contributed by atoms with Crippen molar-refractivity contribution in [2.24, 2.45) is 0 Å². The molecule has 0 bridgehead atoms. The third-order valence-electron chi connectivity index (χ3n) is 2.86. The molecule has 0 saturated heterocycles. The average molecular weight is 325 g/mol. The van der Waals surface area contributed by atoms with Gasteiger partial charge in [0.25, 0.3) is 5.91 Å². The van der Waals surface area contributed by atoms with Crippen LogP contribution in [-0.4, -0.2) is 34.4 Å². The molecule has 0 spiro atoms. The van der Waals surface area contributed by atoms with Gasteiger partial charge in [-0.25, -0.2) is 9.97 Å². The zero-order chi connectivity index (χ0) is 15.4. The Morgan fingerprint density at radius 2 is 2.29 bits per heavy atom. The molecule has 0 aliphatic carbocycles. The molecule has 0 radical (unpaired) electrons. The predicted octanol–water partition coefficient (Wildman–Crippen LogP) is 3.20. The summed E-state index contributed by atoms with van der Waals surface area (Å²) in [5.74, 6) is 0.496. The van der Waals surface area contributed by atoms with Crippen LogP contribution in [0.3, 0.4) is 0 Å². The summed E-state index contributed by atoms with van der Waals surface area (Å²) >= 11 is 7.66. The van der Waals surface area contributed by atoms with Gasteiger partial charge in [0.05, 0.1) is 27.8 Å². The first kappa shape index (κ1) is 15.7. The molecule has 0 aromatic carbocycles. The van der Waals surface area contributed by atoms with Gasteiger partial charge >= 0.3 is 0 Å². The molecule has 0 saturated carbocycles. The number of rotatable bonds is 5. The third kappa shape index (κ3) is 3.92. The fourth-order valence-electron chi connectivity index (χ4n) is 1.88. The van der Waals surface area contributed by atoms with Crippen molar-refractivity contribution in [1.82, 2.24) is 14.9 Å². The lowest BCUT2D eigenvalue weighted by molar-refractivity contribution is 0.0783. The highest BCUT2D eigenvalue weighted by Crippen LogP contribution is 2.20. The SMILES string of the molecule is CCNc1cc(C(=O)N(C)Cc2csc(C)n2)c(Cl)cn1. The number of aromatic nitrogens is 2. The molecule has 1 amide bonds. The van der Waals surface area contributed by atoms with Crippen LogP contribution < -0.4 is 5.32 Å². The Balaban J connectivity index is 2.16. The highest BCUT2D eigenvalue weighted by Gasteiger charge is 2.17. The van der Waals surface area contributed by atoms with E-state index in [1.165, 1.54) is 6.20 Å². The lowest BCUT2D eigenvalue weighted by atomic mass is 10.2. The molecule has 2 rings (SSSR count). The Kier molecular flexibility index (Phi) is 5.14. The number of thiazole rings is 1. The molecule has 0 fully saturated rings. The molecule has 112 valence electrons. The van der Waals surface area contributed by atoms with E-state index in [0.29, 0.717) is 22.9 Å². The number of nitrogens with zero attached hydrogens (tertiary/aromatic N) is 3. The molecule has 5 nitrogen and oxygen atoms in total. The van der Waals surface area contributed by atoms with Crippen LogP contribution in [0, 0.1) is 6.92 Å². The van der Waals surface area contributed by atoms with E-state index in [4.69, 9.17) is 11.6 Å². The molecule has 1 N–H and O–H groups in total. The number of nitrogens with one attached hydrogen (secondary N) is 1. The molecular weight excluding hydrogens is 308 g/mol. The summed E-state index contributed by atoms with van der Waals surface area (Å²) in [6.45, 7) is 5.10. The van der Waals surface area contributed by atoms with E-state index in [0.717, 1.165) is 17.2 Å². The van der Waals surface area contributed by atoms with Crippen LogP contribution in [0.25, 0.3) is 0 Å². The number of aryl methyl sites for hydroxylation is 1. The summed E-state index contributed by atoms with van der Waals surface area (Å²) in [4.78, 5) is 22.6. The Hall–Kier alpha value is -1.66. The van der Waals surface area contributed by atoms with Crippen LogP contribution >= 0.6 is 22.9 Å². The monoisotopic (exact) mass is 324 g/mol.